The predicted molar refractivity (Wildman–Crippen MR) is 57.2 cm³/mol. The molecule has 13 heavy (non-hydrogen) atoms. The maximum Gasteiger partial charge on any atom is 0.0337 e. The third-order valence-corrected chi connectivity index (χ3v) is 3.78. The molecule has 1 nitrogen and oxygen atoms in total. The van der Waals surface area contributed by atoms with E-state index in [0.29, 0.717) is 5.38 Å². The van der Waals surface area contributed by atoms with Crippen molar-refractivity contribution in [2.75, 3.05) is 6.54 Å². The van der Waals surface area contributed by atoms with Gasteiger partial charge in [0, 0.05) is 11.4 Å². The lowest BCUT2D eigenvalue weighted by molar-refractivity contribution is 0.373. The number of hydrogen-bond donors (Lipinski definition) is 1. The zero-order valence-electron chi connectivity index (χ0n) is 8.27. The average Bonchev–Trinajstić information content (AvgIpc) is 2.92. The summed E-state index contributed by atoms with van der Waals surface area (Å²) >= 11 is 6.05. The van der Waals surface area contributed by atoms with Gasteiger partial charge in [-0.1, -0.05) is 12.8 Å². The summed E-state index contributed by atoms with van der Waals surface area (Å²) in [6.07, 6.45) is 9.37. The highest BCUT2D eigenvalue weighted by Crippen LogP contribution is 2.32. The Bertz CT molecular complexity index is 148. The summed E-state index contributed by atoms with van der Waals surface area (Å²) in [6.45, 7) is 1.24. The first-order valence-electron chi connectivity index (χ1n) is 5.72. The van der Waals surface area contributed by atoms with Crippen LogP contribution in [0.4, 0.5) is 0 Å². The summed E-state index contributed by atoms with van der Waals surface area (Å²) < 4.78 is 0. The van der Waals surface area contributed by atoms with Crippen LogP contribution in [0, 0.1) is 5.92 Å². The second-order valence-electron chi connectivity index (χ2n) is 4.64. The lowest BCUT2D eigenvalue weighted by Crippen LogP contribution is -2.34. The van der Waals surface area contributed by atoms with Crippen molar-refractivity contribution in [3.8, 4) is 0 Å². The highest BCUT2D eigenvalue weighted by Gasteiger charge is 2.22. The number of nitrogens with one attached hydrogen (secondary N) is 1. The van der Waals surface area contributed by atoms with Gasteiger partial charge in [-0.3, -0.25) is 0 Å². The Morgan fingerprint density at radius 3 is 2.31 bits per heavy atom. The molecule has 2 fully saturated rings. The molecule has 0 spiro atoms. The summed E-state index contributed by atoms with van der Waals surface area (Å²) in [5.41, 5.74) is 0. The molecule has 0 atom stereocenters. The van der Waals surface area contributed by atoms with E-state index in [1.165, 1.54) is 51.5 Å². The fourth-order valence-electron chi connectivity index (χ4n) is 2.15. The van der Waals surface area contributed by atoms with E-state index in [4.69, 9.17) is 11.6 Å². The summed E-state index contributed by atoms with van der Waals surface area (Å²) in [5, 5.41) is 4.11. The maximum absolute atomic E-state index is 6.05. The van der Waals surface area contributed by atoms with Gasteiger partial charge in [0.15, 0.2) is 0 Å². The van der Waals surface area contributed by atoms with Crippen molar-refractivity contribution < 1.29 is 0 Å². The van der Waals surface area contributed by atoms with Crippen molar-refractivity contribution in [3.05, 3.63) is 0 Å². The topological polar surface area (TPSA) is 12.0 Å². The lowest BCUT2D eigenvalue weighted by atomic mass is 9.95. The van der Waals surface area contributed by atoms with E-state index in [0.717, 1.165) is 12.0 Å². The molecule has 2 aliphatic carbocycles. The Morgan fingerprint density at radius 2 is 1.69 bits per heavy atom. The van der Waals surface area contributed by atoms with E-state index in [1.54, 1.807) is 0 Å². The molecule has 0 amide bonds. The molecular formula is C11H20ClN. The second kappa shape index (κ2) is 4.65. The van der Waals surface area contributed by atoms with Crippen molar-refractivity contribution >= 4 is 11.6 Å². The molecule has 0 aromatic rings. The van der Waals surface area contributed by atoms with Crippen LogP contribution < -0.4 is 5.32 Å². The standard InChI is InChI=1S/C11H20ClN/c12-10-3-5-11(6-4-10)13-8-7-9-1-2-9/h9-11,13H,1-8H2. The first-order chi connectivity index (χ1) is 6.34. The van der Waals surface area contributed by atoms with Crippen LogP contribution in [0.3, 0.4) is 0 Å². The second-order valence-corrected chi connectivity index (χ2v) is 5.25. The van der Waals surface area contributed by atoms with Crippen LogP contribution in [0.25, 0.3) is 0 Å². The minimum atomic E-state index is 0.460. The monoisotopic (exact) mass is 201 g/mol. The molecule has 0 unspecified atom stereocenters. The zero-order valence-corrected chi connectivity index (χ0v) is 9.02. The van der Waals surface area contributed by atoms with Gasteiger partial charge in [0.05, 0.1) is 0 Å². The molecule has 0 aromatic heterocycles. The maximum atomic E-state index is 6.05. The fraction of sp³-hybridized carbons (Fsp3) is 1.00. The molecule has 2 rings (SSSR count). The summed E-state index contributed by atoms with van der Waals surface area (Å²) in [5.74, 6) is 1.07. The van der Waals surface area contributed by atoms with E-state index in [9.17, 15) is 0 Å². The van der Waals surface area contributed by atoms with Crippen LogP contribution in [-0.4, -0.2) is 18.0 Å². The summed E-state index contributed by atoms with van der Waals surface area (Å²) in [7, 11) is 0. The predicted octanol–water partition coefficient (Wildman–Crippen LogP) is 2.93. The molecule has 2 heteroatoms. The SMILES string of the molecule is ClC1CCC(NCCC2CC2)CC1. The van der Waals surface area contributed by atoms with Crippen molar-refractivity contribution in [3.63, 3.8) is 0 Å². The fourth-order valence-corrected chi connectivity index (χ4v) is 2.41. The number of hydrogen-bond acceptors (Lipinski definition) is 1. The molecule has 0 saturated heterocycles. The minimum absolute atomic E-state index is 0.460. The van der Waals surface area contributed by atoms with Crippen molar-refractivity contribution in [2.24, 2.45) is 5.92 Å². The Morgan fingerprint density at radius 1 is 1.00 bits per heavy atom. The molecule has 0 aromatic carbocycles. The van der Waals surface area contributed by atoms with Crippen LogP contribution >= 0.6 is 11.6 Å². The molecule has 0 bridgehead atoms. The van der Waals surface area contributed by atoms with Gasteiger partial charge in [0.2, 0.25) is 0 Å². The molecule has 76 valence electrons. The first-order valence-corrected chi connectivity index (χ1v) is 6.15. The van der Waals surface area contributed by atoms with Gasteiger partial charge in [0.1, 0.15) is 0 Å². The third kappa shape index (κ3) is 3.47. The van der Waals surface area contributed by atoms with Crippen LogP contribution in [0.1, 0.15) is 44.9 Å². The van der Waals surface area contributed by atoms with E-state index in [2.05, 4.69) is 5.32 Å². The lowest BCUT2D eigenvalue weighted by Gasteiger charge is -2.25. The van der Waals surface area contributed by atoms with Crippen molar-refractivity contribution in [2.45, 2.75) is 56.4 Å². The van der Waals surface area contributed by atoms with Crippen molar-refractivity contribution in [1.29, 1.82) is 0 Å². The van der Waals surface area contributed by atoms with Gasteiger partial charge in [0.25, 0.3) is 0 Å². The Kier molecular flexibility index (Phi) is 3.51. The summed E-state index contributed by atoms with van der Waals surface area (Å²) in [6, 6.07) is 0.772. The Hall–Kier alpha value is 0.250. The smallest absolute Gasteiger partial charge is 0.0337 e. The molecule has 1 N–H and O–H groups in total. The number of halogens is 1. The third-order valence-electron chi connectivity index (χ3n) is 3.34. The largest absolute Gasteiger partial charge is 0.314 e. The quantitative estimate of drug-likeness (QED) is 0.690. The van der Waals surface area contributed by atoms with Gasteiger partial charge in [-0.15, -0.1) is 11.6 Å². The number of rotatable bonds is 4. The van der Waals surface area contributed by atoms with Gasteiger partial charge in [-0.2, -0.15) is 0 Å². The van der Waals surface area contributed by atoms with E-state index in [-0.39, 0.29) is 0 Å². The van der Waals surface area contributed by atoms with Gasteiger partial charge < -0.3 is 5.32 Å². The molecular weight excluding hydrogens is 182 g/mol. The first kappa shape index (κ1) is 9.79. The normalized spacial score (nSPS) is 34.8. The molecule has 2 saturated carbocycles. The van der Waals surface area contributed by atoms with Crippen LogP contribution in [-0.2, 0) is 0 Å². The zero-order chi connectivity index (χ0) is 9.10. The van der Waals surface area contributed by atoms with Crippen LogP contribution in [0.2, 0.25) is 0 Å². The molecule has 0 radical (unpaired) electrons. The molecule has 0 heterocycles. The van der Waals surface area contributed by atoms with Crippen LogP contribution in [0.5, 0.6) is 0 Å². The average molecular weight is 202 g/mol. The van der Waals surface area contributed by atoms with E-state index in [1.807, 2.05) is 0 Å². The van der Waals surface area contributed by atoms with E-state index >= 15 is 0 Å². The molecule has 2 aliphatic rings. The minimum Gasteiger partial charge on any atom is -0.314 e. The van der Waals surface area contributed by atoms with Gasteiger partial charge >= 0.3 is 0 Å². The van der Waals surface area contributed by atoms with Crippen molar-refractivity contribution in [1.82, 2.24) is 5.32 Å². The Labute approximate surface area is 86.2 Å². The highest BCUT2D eigenvalue weighted by atomic mass is 35.5. The number of alkyl halides is 1. The highest BCUT2D eigenvalue weighted by molar-refractivity contribution is 6.20. The van der Waals surface area contributed by atoms with Gasteiger partial charge in [-0.05, 0) is 44.6 Å². The Balaban J connectivity index is 1.53. The van der Waals surface area contributed by atoms with E-state index < -0.39 is 0 Å². The molecule has 0 aliphatic heterocycles. The van der Waals surface area contributed by atoms with Crippen LogP contribution in [0.15, 0.2) is 0 Å². The van der Waals surface area contributed by atoms with Gasteiger partial charge in [-0.25, -0.2) is 0 Å². The summed E-state index contributed by atoms with van der Waals surface area (Å²) in [4.78, 5) is 0.